The molecular formula is C34H27ClF3IN2O7S. The van der Waals surface area contributed by atoms with E-state index in [1.165, 1.54) is 44.4 Å². The largest absolute Gasteiger partial charge is 0.493 e. The molecule has 4 aromatic rings. The van der Waals surface area contributed by atoms with Gasteiger partial charge in [0, 0.05) is 14.2 Å². The topological polar surface area (TPSA) is 105 Å². The summed E-state index contributed by atoms with van der Waals surface area (Å²) in [5.74, 6) is -1.09. The predicted molar refractivity (Wildman–Crippen MR) is 185 cm³/mol. The van der Waals surface area contributed by atoms with Crippen molar-refractivity contribution in [2.24, 2.45) is 4.99 Å². The van der Waals surface area contributed by atoms with Crippen LogP contribution in [0.1, 0.15) is 46.9 Å². The van der Waals surface area contributed by atoms with Gasteiger partial charge in [-0.1, -0.05) is 47.2 Å². The molecule has 15 heteroatoms. The molecule has 0 bridgehead atoms. The molecule has 49 heavy (non-hydrogen) atoms. The first-order chi connectivity index (χ1) is 23.4. The predicted octanol–water partition coefficient (Wildman–Crippen LogP) is 6.36. The molecular weight excluding hydrogens is 800 g/mol. The molecule has 0 spiro atoms. The van der Waals surface area contributed by atoms with Crippen LogP contribution < -0.4 is 24.4 Å². The summed E-state index contributed by atoms with van der Waals surface area (Å²) in [4.78, 5) is 42.8. The lowest BCUT2D eigenvalue weighted by atomic mass is 9.95. The number of aromatic nitrogens is 1. The minimum atomic E-state index is -5.04. The number of alkyl halides is 3. The molecule has 5 rings (SSSR count). The Bertz CT molecular complexity index is 2110. The van der Waals surface area contributed by atoms with Crippen LogP contribution in [0.4, 0.5) is 13.2 Å². The van der Waals surface area contributed by atoms with Gasteiger partial charge >= 0.3 is 18.1 Å². The van der Waals surface area contributed by atoms with E-state index in [-0.39, 0.29) is 40.5 Å². The molecule has 0 aliphatic carbocycles. The standard InChI is InChI=1S/C34H27ClF3IN2O7S/c1-4-46-31(43)20-8-6-18(7-9-20)17-48-28-21(14-23(39)16-24(28)45-3)15-25-30(42)41-27(19-10-12-22(35)13-11-19)26(32(44)47-5-2)29(34(36,37)38)40-33(41)49-25/h6-16,27H,4-5,17H2,1-3H3/b25-15-/t27-/m1/s1. The van der Waals surface area contributed by atoms with Crippen molar-refractivity contribution in [3.8, 4) is 11.5 Å². The molecule has 0 amide bonds. The summed E-state index contributed by atoms with van der Waals surface area (Å²) in [5, 5.41) is 0.309. The number of benzene rings is 3. The van der Waals surface area contributed by atoms with Crippen molar-refractivity contribution in [2.75, 3.05) is 20.3 Å². The average Bonchev–Trinajstić information content (AvgIpc) is 3.37. The maximum atomic E-state index is 14.5. The van der Waals surface area contributed by atoms with Crippen LogP contribution in [-0.4, -0.2) is 43.0 Å². The zero-order valence-corrected chi connectivity index (χ0v) is 29.8. The molecule has 0 saturated carbocycles. The van der Waals surface area contributed by atoms with Gasteiger partial charge in [0.15, 0.2) is 22.0 Å². The second-order valence-electron chi connectivity index (χ2n) is 10.3. The molecule has 0 unspecified atom stereocenters. The van der Waals surface area contributed by atoms with Gasteiger partial charge in [0.25, 0.3) is 5.56 Å². The number of hydrogen-bond acceptors (Lipinski definition) is 9. The highest BCUT2D eigenvalue weighted by Gasteiger charge is 2.45. The molecule has 1 atom stereocenters. The fourth-order valence-corrected chi connectivity index (χ4v) is 6.79. The summed E-state index contributed by atoms with van der Waals surface area (Å²) < 4.78 is 67.0. The van der Waals surface area contributed by atoms with Gasteiger partial charge in [0.2, 0.25) is 0 Å². The highest BCUT2D eigenvalue weighted by Crippen LogP contribution is 2.39. The Morgan fingerprint density at radius 2 is 1.67 bits per heavy atom. The smallest absolute Gasteiger partial charge is 0.434 e. The van der Waals surface area contributed by atoms with E-state index in [4.69, 9.17) is 30.5 Å². The van der Waals surface area contributed by atoms with Crippen molar-refractivity contribution in [3.63, 3.8) is 0 Å². The summed E-state index contributed by atoms with van der Waals surface area (Å²) in [7, 11) is 1.45. The van der Waals surface area contributed by atoms with E-state index in [1.807, 2.05) is 0 Å². The Morgan fingerprint density at radius 1 is 1.02 bits per heavy atom. The number of halogens is 5. The van der Waals surface area contributed by atoms with Gasteiger partial charge in [0.1, 0.15) is 6.61 Å². The van der Waals surface area contributed by atoms with E-state index in [9.17, 15) is 27.6 Å². The Morgan fingerprint density at radius 3 is 2.29 bits per heavy atom. The third-order valence-electron chi connectivity index (χ3n) is 7.18. The molecule has 1 aliphatic heterocycles. The van der Waals surface area contributed by atoms with Crippen LogP contribution in [0.25, 0.3) is 6.08 Å². The highest BCUT2D eigenvalue weighted by atomic mass is 127. The highest BCUT2D eigenvalue weighted by molar-refractivity contribution is 14.1. The van der Waals surface area contributed by atoms with Crippen molar-refractivity contribution in [3.05, 3.63) is 122 Å². The molecule has 0 saturated heterocycles. The minimum absolute atomic E-state index is 0.0250. The van der Waals surface area contributed by atoms with Crippen LogP contribution in [0.5, 0.6) is 11.5 Å². The SMILES string of the molecule is CCOC(=O)C1=C(C(F)(F)F)N=c2s/c(=C\c3cc(I)cc(OC)c3OCc3ccc(C(=O)OCC)cc3)c(=O)n2[C@@H]1c1ccc(Cl)cc1. The lowest BCUT2D eigenvalue weighted by molar-refractivity contribution is -0.140. The summed E-state index contributed by atoms with van der Waals surface area (Å²) in [6, 6.07) is 14.4. The van der Waals surface area contributed by atoms with Crippen LogP contribution in [-0.2, 0) is 20.9 Å². The van der Waals surface area contributed by atoms with E-state index in [0.717, 1.165) is 19.5 Å². The van der Waals surface area contributed by atoms with Gasteiger partial charge in [-0.15, -0.1) is 0 Å². The van der Waals surface area contributed by atoms with Gasteiger partial charge in [-0.3, -0.25) is 9.36 Å². The number of hydrogen-bond donors (Lipinski definition) is 0. The van der Waals surface area contributed by atoms with Crippen molar-refractivity contribution < 1.29 is 41.7 Å². The number of methoxy groups -OCH3 is 1. The maximum absolute atomic E-state index is 14.5. The molecule has 3 aromatic carbocycles. The van der Waals surface area contributed by atoms with Crippen LogP contribution in [0.2, 0.25) is 5.02 Å². The molecule has 0 N–H and O–H groups in total. The van der Waals surface area contributed by atoms with Gasteiger partial charge in [-0.25, -0.2) is 14.6 Å². The lowest BCUT2D eigenvalue weighted by Gasteiger charge is -2.26. The van der Waals surface area contributed by atoms with Crippen LogP contribution in [0, 0.1) is 3.57 Å². The molecule has 256 valence electrons. The van der Waals surface area contributed by atoms with Crippen molar-refractivity contribution in [1.82, 2.24) is 4.57 Å². The van der Waals surface area contributed by atoms with E-state index in [0.29, 0.717) is 27.5 Å². The Hall–Kier alpha value is -4.15. The number of esters is 2. The van der Waals surface area contributed by atoms with Crippen molar-refractivity contribution in [1.29, 1.82) is 0 Å². The quantitative estimate of drug-likeness (QED) is 0.135. The van der Waals surface area contributed by atoms with Gasteiger partial charge < -0.3 is 18.9 Å². The Kier molecular flexibility index (Phi) is 11.2. The summed E-state index contributed by atoms with van der Waals surface area (Å²) in [5.41, 5.74) is -1.26. The molecule has 9 nitrogen and oxygen atoms in total. The zero-order chi connectivity index (χ0) is 35.5. The first kappa shape index (κ1) is 36.1. The third-order valence-corrected chi connectivity index (χ3v) is 9.04. The van der Waals surface area contributed by atoms with Crippen LogP contribution in [0.15, 0.2) is 81.7 Å². The summed E-state index contributed by atoms with van der Waals surface area (Å²) in [6.45, 7) is 3.28. The van der Waals surface area contributed by atoms with E-state index in [1.54, 1.807) is 43.3 Å². The van der Waals surface area contributed by atoms with Crippen LogP contribution >= 0.6 is 45.5 Å². The molecule has 0 radical (unpaired) electrons. The number of carbonyl (C=O) groups is 2. The lowest BCUT2D eigenvalue weighted by Crippen LogP contribution is -2.41. The second kappa shape index (κ2) is 15.2. The first-order valence-corrected chi connectivity index (χ1v) is 17.0. The van der Waals surface area contributed by atoms with E-state index >= 15 is 0 Å². The fraction of sp³-hybridized carbons (Fsp3) is 0.235. The number of ether oxygens (including phenoxy) is 4. The summed E-state index contributed by atoms with van der Waals surface area (Å²) in [6.07, 6.45) is -3.56. The van der Waals surface area contributed by atoms with Crippen LogP contribution in [0.3, 0.4) is 0 Å². The van der Waals surface area contributed by atoms with E-state index < -0.39 is 41.0 Å². The van der Waals surface area contributed by atoms with Crippen molar-refractivity contribution in [2.45, 2.75) is 32.7 Å². The number of rotatable bonds is 10. The zero-order valence-electron chi connectivity index (χ0n) is 26.1. The number of thiazole rings is 1. The second-order valence-corrected chi connectivity index (χ2v) is 13.0. The Balaban J connectivity index is 1.65. The Labute approximate surface area is 300 Å². The number of fused-ring (bicyclic) bond motifs is 1. The molecule has 0 fully saturated rings. The monoisotopic (exact) mass is 826 g/mol. The molecule has 2 heterocycles. The van der Waals surface area contributed by atoms with Gasteiger partial charge in [-0.2, -0.15) is 13.2 Å². The normalized spacial score (nSPS) is 14.6. The fourth-order valence-electron chi connectivity index (χ4n) is 5.05. The van der Waals surface area contributed by atoms with Gasteiger partial charge in [-0.05, 0) is 90.0 Å². The molecule has 1 aromatic heterocycles. The van der Waals surface area contributed by atoms with Crippen molar-refractivity contribution >= 4 is 63.5 Å². The van der Waals surface area contributed by atoms with E-state index in [2.05, 4.69) is 27.6 Å². The first-order valence-electron chi connectivity index (χ1n) is 14.7. The average molecular weight is 827 g/mol. The minimum Gasteiger partial charge on any atom is -0.493 e. The number of nitrogens with zero attached hydrogens (tertiary/aromatic N) is 2. The third kappa shape index (κ3) is 7.86. The maximum Gasteiger partial charge on any atom is 0.434 e. The molecule has 1 aliphatic rings. The number of carbonyl (C=O) groups excluding carboxylic acids is 2. The number of allylic oxidation sites excluding steroid dienone is 1. The summed E-state index contributed by atoms with van der Waals surface area (Å²) >= 11 is 8.86. The van der Waals surface area contributed by atoms with Gasteiger partial charge in [0.05, 0.1) is 42.0 Å².